The minimum Gasteiger partial charge on any atom is -0.334 e. The largest absolute Gasteiger partial charge is 0.334 e. The number of hydrogen-bond acceptors (Lipinski definition) is 4. The molecule has 0 saturated carbocycles. The molecule has 0 radical (unpaired) electrons. The number of carbonyl (C=O) groups excluding carboxylic acids is 2. The van der Waals surface area contributed by atoms with E-state index in [9.17, 15) is 9.59 Å². The molecular weight excluding hydrogens is 254 g/mol. The van der Waals surface area contributed by atoms with Crippen molar-refractivity contribution in [1.82, 2.24) is 9.88 Å². The number of amides is 1. The number of hydrogen-bond donors (Lipinski definition) is 0. The Morgan fingerprint density at radius 1 is 1.45 bits per heavy atom. The van der Waals surface area contributed by atoms with Crippen molar-refractivity contribution in [2.75, 3.05) is 6.54 Å². The molecule has 2 heterocycles. The van der Waals surface area contributed by atoms with Gasteiger partial charge in [-0.1, -0.05) is 0 Å². The van der Waals surface area contributed by atoms with E-state index in [1.165, 1.54) is 6.20 Å². The predicted molar refractivity (Wildman–Crippen MR) is 72.9 cm³/mol. The molecule has 2 rings (SSSR count). The van der Waals surface area contributed by atoms with Gasteiger partial charge in [-0.25, -0.2) is 4.98 Å². The van der Waals surface area contributed by atoms with Crippen LogP contribution in [0, 0.1) is 11.3 Å². The number of ketones is 1. The normalized spacial score (nSPS) is 18.4. The number of nitriles is 1. The molecule has 1 aromatic heterocycles. The molecule has 20 heavy (non-hydrogen) atoms. The number of rotatable bonds is 3. The first-order valence-electron chi connectivity index (χ1n) is 6.78. The summed E-state index contributed by atoms with van der Waals surface area (Å²) in [6, 6.07) is 5.11. The first kappa shape index (κ1) is 14.2. The molecule has 104 valence electrons. The van der Waals surface area contributed by atoms with Crippen LogP contribution in [0.3, 0.4) is 0 Å². The van der Waals surface area contributed by atoms with E-state index in [0.717, 1.165) is 19.3 Å². The maximum Gasteiger partial charge on any atom is 0.272 e. The molecule has 5 nitrogen and oxygen atoms in total. The molecule has 0 N–H and O–H groups in total. The van der Waals surface area contributed by atoms with Crippen molar-refractivity contribution < 1.29 is 9.59 Å². The minimum atomic E-state index is -0.152. The Morgan fingerprint density at radius 3 is 2.85 bits per heavy atom. The van der Waals surface area contributed by atoms with Crippen molar-refractivity contribution in [2.24, 2.45) is 0 Å². The van der Waals surface area contributed by atoms with E-state index < -0.39 is 0 Å². The molecule has 0 spiro atoms. The second-order valence-corrected chi connectivity index (χ2v) is 5.10. The number of pyridine rings is 1. The van der Waals surface area contributed by atoms with Gasteiger partial charge in [-0.2, -0.15) is 5.26 Å². The second-order valence-electron chi connectivity index (χ2n) is 5.10. The highest BCUT2D eigenvalue weighted by Crippen LogP contribution is 2.21. The summed E-state index contributed by atoms with van der Waals surface area (Å²) >= 11 is 0. The zero-order chi connectivity index (χ0) is 14.5. The van der Waals surface area contributed by atoms with Gasteiger partial charge in [0, 0.05) is 25.2 Å². The van der Waals surface area contributed by atoms with Gasteiger partial charge in [-0.15, -0.1) is 0 Å². The molecule has 0 aliphatic carbocycles. The Kier molecular flexibility index (Phi) is 4.46. The van der Waals surface area contributed by atoms with Crippen molar-refractivity contribution in [3.63, 3.8) is 0 Å². The van der Waals surface area contributed by atoms with Crippen LogP contribution in [0.15, 0.2) is 18.3 Å². The van der Waals surface area contributed by atoms with E-state index in [-0.39, 0.29) is 17.7 Å². The molecule has 5 heteroatoms. The average Bonchev–Trinajstić information content (AvgIpc) is 2.46. The number of carbonyl (C=O) groups is 2. The van der Waals surface area contributed by atoms with Crippen LogP contribution in [0.2, 0.25) is 0 Å². The molecule has 0 bridgehead atoms. The summed E-state index contributed by atoms with van der Waals surface area (Å²) in [5.74, 6) is -0.0528. The number of aromatic nitrogens is 1. The summed E-state index contributed by atoms with van der Waals surface area (Å²) in [5, 5.41) is 8.73. The fourth-order valence-electron chi connectivity index (χ4n) is 2.55. The summed E-state index contributed by atoms with van der Waals surface area (Å²) < 4.78 is 0. The Labute approximate surface area is 118 Å². The van der Waals surface area contributed by atoms with Gasteiger partial charge in [0.05, 0.1) is 5.56 Å². The van der Waals surface area contributed by atoms with Gasteiger partial charge < -0.3 is 4.90 Å². The summed E-state index contributed by atoms with van der Waals surface area (Å²) in [7, 11) is 0. The summed E-state index contributed by atoms with van der Waals surface area (Å²) in [5.41, 5.74) is 0.764. The number of piperidine rings is 1. The van der Waals surface area contributed by atoms with Gasteiger partial charge in [0.2, 0.25) is 0 Å². The molecule has 1 amide bonds. The standard InChI is InChI=1S/C15H17N3O2/c1-11(19)8-13-4-2-3-7-18(13)15(20)14-6-5-12(9-16)10-17-14/h5-6,10,13H,2-4,7-8H2,1H3. The van der Waals surface area contributed by atoms with Crippen molar-refractivity contribution in [1.29, 1.82) is 5.26 Å². The van der Waals surface area contributed by atoms with E-state index >= 15 is 0 Å². The highest BCUT2D eigenvalue weighted by molar-refractivity contribution is 5.93. The van der Waals surface area contributed by atoms with Crippen molar-refractivity contribution in [3.8, 4) is 6.07 Å². The lowest BCUT2D eigenvalue weighted by molar-refractivity contribution is -0.118. The van der Waals surface area contributed by atoms with Gasteiger partial charge >= 0.3 is 0 Å². The third-order valence-electron chi connectivity index (χ3n) is 3.52. The molecule has 1 atom stereocenters. The van der Waals surface area contributed by atoms with Crippen molar-refractivity contribution in [2.45, 2.75) is 38.6 Å². The topological polar surface area (TPSA) is 74.1 Å². The van der Waals surface area contributed by atoms with Gasteiger partial charge in [0.15, 0.2) is 0 Å². The molecule has 1 unspecified atom stereocenters. The van der Waals surface area contributed by atoms with E-state index in [4.69, 9.17) is 5.26 Å². The van der Waals surface area contributed by atoms with Gasteiger partial charge in [-0.3, -0.25) is 9.59 Å². The van der Waals surface area contributed by atoms with E-state index in [2.05, 4.69) is 4.98 Å². The fraction of sp³-hybridized carbons (Fsp3) is 0.467. The number of likely N-dealkylation sites (tertiary alicyclic amines) is 1. The number of nitrogens with zero attached hydrogens (tertiary/aromatic N) is 3. The Balaban J connectivity index is 2.16. The van der Waals surface area contributed by atoms with Crippen LogP contribution in [-0.2, 0) is 4.79 Å². The van der Waals surface area contributed by atoms with Crippen LogP contribution in [0.4, 0.5) is 0 Å². The lowest BCUT2D eigenvalue weighted by Gasteiger charge is -2.35. The van der Waals surface area contributed by atoms with Crippen LogP contribution in [-0.4, -0.2) is 34.2 Å². The molecule has 1 saturated heterocycles. The van der Waals surface area contributed by atoms with E-state index in [0.29, 0.717) is 24.2 Å². The monoisotopic (exact) mass is 271 g/mol. The quantitative estimate of drug-likeness (QED) is 0.841. The number of Topliss-reactive ketones (excluding diaryl/α,β-unsaturated/α-hetero) is 1. The first-order chi connectivity index (χ1) is 9.61. The predicted octanol–water partition coefficient (Wildman–Crippen LogP) is 1.93. The van der Waals surface area contributed by atoms with Crippen molar-refractivity contribution in [3.05, 3.63) is 29.6 Å². The van der Waals surface area contributed by atoms with Crippen LogP contribution in [0.5, 0.6) is 0 Å². The lowest BCUT2D eigenvalue weighted by atomic mass is 9.97. The Morgan fingerprint density at radius 2 is 2.25 bits per heavy atom. The van der Waals surface area contributed by atoms with Gasteiger partial charge in [0.25, 0.3) is 5.91 Å². The van der Waals surface area contributed by atoms with Gasteiger partial charge in [-0.05, 0) is 38.3 Å². The summed E-state index contributed by atoms with van der Waals surface area (Å²) in [4.78, 5) is 29.6. The minimum absolute atomic E-state index is 0.0220. The Hall–Kier alpha value is -2.22. The molecule has 1 fully saturated rings. The fourth-order valence-corrected chi connectivity index (χ4v) is 2.55. The highest BCUT2D eigenvalue weighted by atomic mass is 16.2. The van der Waals surface area contributed by atoms with Crippen LogP contribution < -0.4 is 0 Å². The summed E-state index contributed by atoms with van der Waals surface area (Å²) in [6.07, 6.45) is 4.67. The third-order valence-corrected chi connectivity index (χ3v) is 3.52. The third kappa shape index (κ3) is 3.21. The highest BCUT2D eigenvalue weighted by Gasteiger charge is 2.28. The summed E-state index contributed by atoms with van der Waals surface area (Å²) in [6.45, 7) is 2.22. The maximum absolute atomic E-state index is 12.5. The molecule has 1 aromatic rings. The molecule has 1 aliphatic heterocycles. The van der Waals surface area contributed by atoms with Gasteiger partial charge in [0.1, 0.15) is 17.5 Å². The lowest BCUT2D eigenvalue weighted by Crippen LogP contribution is -2.44. The van der Waals surface area contributed by atoms with Crippen LogP contribution in [0.25, 0.3) is 0 Å². The zero-order valence-corrected chi connectivity index (χ0v) is 11.5. The van der Waals surface area contributed by atoms with Crippen LogP contribution >= 0.6 is 0 Å². The maximum atomic E-state index is 12.5. The second kappa shape index (κ2) is 6.29. The Bertz CT molecular complexity index is 545. The SMILES string of the molecule is CC(=O)CC1CCCCN1C(=O)c1ccc(C#N)cn1. The molecular formula is C15H17N3O2. The zero-order valence-electron chi connectivity index (χ0n) is 11.5. The first-order valence-corrected chi connectivity index (χ1v) is 6.78. The molecule has 0 aromatic carbocycles. The smallest absolute Gasteiger partial charge is 0.272 e. The van der Waals surface area contributed by atoms with Crippen LogP contribution in [0.1, 0.15) is 48.7 Å². The van der Waals surface area contributed by atoms with Crippen molar-refractivity contribution >= 4 is 11.7 Å². The average molecular weight is 271 g/mol. The van der Waals surface area contributed by atoms with E-state index in [1.807, 2.05) is 6.07 Å². The van der Waals surface area contributed by atoms with E-state index in [1.54, 1.807) is 24.0 Å². The molecule has 1 aliphatic rings.